The molecule has 6 heteroatoms. The first-order valence-corrected chi connectivity index (χ1v) is 8.73. The fraction of sp³-hybridized carbons (Fsp3) is 0.500. The number of rotatable bonds is 3. The van der Waals surface area contributed by atoms with Crippen LogP contribution in [0.1, 0.15) is 61.6 Å². The Bertz CT molecular complexity index is 868. The first-order chi connectivity index (χ1) is 11.8. The summed E-state index contributed by atoms with van der Waals surface area (Å²) in [6, 6.07) is 3.57. The molecule has 1 fully saturated rings. The maximum atomic E-state index is 13.0. The molecule has 2 heterocycles. The molecular weight excluding hydrogens is 306 g/mol. The second-order valence-electron chi connectivity index (χ2n) is 6.60. The highest BCUT2D eigenvalue weighted by Gasteiger charge is 2.27. The Morgan fingerprint density at radius 1 is 1.12 bits per heavy atom. The van der Waals surface area contributed by atoms with Crippen LogP contribution in [-0.4, -0.2) is 15.5 Å². The molecule has 0 radical (unpaired) electrons. The summed E-state index contributed by atoms with van der Waals surface area (Å²) in [5.41, 5.74) is 1.12. The molecule has 0 bridgehead atoms. The van der Waals surface area contributed by atoms with E-state index in [1.165, 1.54) is 21.9 Å². The molecule has 126 valence electrons. The van der Waals surface area contributed by atoms with Crippen molar-refractivity contribution in [2.45, 2.75) is 57.4 Å². The maximum Gasteiger partial charge on any atom is 0.352 e. The number of hydrogen-bond donors (Lipinski definition) is 0. The maximum absolute atomic E-state index is 13.0. The number of fused-ring (bicyclic) bond motifs is 1. The Kier molecular flexibility index (Phi) is 3.96. The van der Waals surface area contributed by atoms with Crippen LogP contribution in [0.2, 0.25) is 0 Å². The van der Waals surface area contributed by atoms with Crippen molar-refractivity contribution in [2.75, 3.05) is 0 Å². The van der Waals surface area contributed by atoms with Gasteiger partial charge in [-0.3, -0.25) is 9.36 Å². The van der Waals surface area contributed by atoms with Crippen LogP contribution >= 0.6 is 0 Å². The van der Waals surface area contributed by atoms with E-state index in [2.05, 4.69) is 5.10 Å². The van der Waals surface area contributed by atoms with E-state index in [9.17, 15) is 9.59 Å². The van der Waals surface area contributed by atoms with Crippen LogP contribution in [0.5, 0.6) is 0 Å². The summed E-state index contributed by atoms with van der Waals surface area (Å²) < 4.78 is 8.13. The van der Waals surface area contributed by atoms with Crippen LogP contribution in [0.4, 0.5) is 0 Å². The van der Waals surface area contributed by atoms with Gasteiger partial charge >= 0.3 is 5.69 Å². The van der Waals surface area contributed by atoms with Gasteiger partial charge < -0.3 is 4.42 Å². The van der Waals surface area contributed by atoms with Crippen molar-refractivity contribution in [1.29, 1.82) is 0 Å². The van der Waals surface area contributed by atoms with Gasteiger partial charge in [0.15, 0.2) is 0 Å². The predicted molar refractivity (Wildman–Crippen MR) is 90.8 cm³/mol. The van der Waals surface area contributed by atoms with Gasteiger partial charge in [0.2, 0.25) is 0 Å². The molecule has 0 N–H and O–H groups in total. The average molecular weight is 327 g/mol. The van der Waals surface area contributed by atoms with Crippen molar-refractivity contribution >= 4 is 6.21 Å². The average Bonchev–Trinajstić information content (AvgIpc) is 3.27. The number of furan rings is 1. The van der Waals surface area contributed by atoms with Crippen LogP contribution in [-0.2, 0) is 12.8 Å². The predicted octanol–water partition coefficient (Wildman–Crippen LogP) is 2.48. The monoisotopic (exact) mass is 327 g/mol. The first kappa shape index (κ1) is 15.2. The van der Waals surface area contributed by atoms with Crippen molar-refractivity contribution in [2.24, 2.45) is 5.10 Å². The highest BCUT2D eigenvalue weighted by Crippen LogP contribution is 2.27. The van der Waals surface area contributed by atoms with Crippen LogP contribution in [0.3, 0.4) is 0 Å². The summed E-state index contributed by atoms with van der Waals surface area (Å²) in [4.78, 5) is 25.8. The molecule has 0 spiro atoms. The Morgan fingerprint density at radius 3 is 2.71 bits per heavy atom. The second kappa shape index (κ2) is 6.26. The summed E-state index contributed by atoms with van der Waals surface area (Å²) in [5, 5.41) is 4.34. The molecule has 0 amide bonds. The molecule has 0 saturated heterocycles. The molecule has 4 rings (SSSR count). The Balaban J connectivity index is 1.85. The van der Waals surface area contributed by atoms with Gasteiger partial charge in [-0.1, -0.05) is 19.3 Å². The van der Waals surface area contributed by atoms with Crippen LogP contribution in [0.15, 0.2) is 37.5 Å². The minimum atomic E-state index is -0.310. The van der Waals surface area contributed by atoms with E-state index in [1.807, 2.05) is 0 Å². The lowest BCUT2D eigenvalue weighted by molar-refractivity contribution is 0.329. The lowest BCUT2D eigenvalue weighted by Gasteiger charge is -2.24. The number of aromatic nitrogens is 2. The Labute approximate surface area is 139 Å². The molecule has 6 nitrogen and oxygen atoms in total. The van der Waals surface area contributed by atoms with Gasteiger partial charge in [0.25, 0.3) is 5.56 Å². The lowest BCUT2D eigenvalue weighted by Crippen LogP contribution is -2.44. The minimum absolute atomic E-state index is 0.00899. The third-order valence-electron chi connectivity index (χ3n) is 5.09. The molecule has 0 unspecified atom stereocenters. The summed E-state index contributed by atoms with van der Waals surface area (Å²) in [6.07, 6.45) is 10.6. The minimum Gasteiger partial charge on any atom is -0.463 e. The van der Waals surface area contributed by atoms with Crippen molar-refractivity contribution < 1.29 is 4.42 Å². The van der Waals surface area contributed by atoms with Crippen molar-refractivity contribution in [3.05, 3.63) is 56.3 Å². The van der Waals surface area contributed by atoms with Crippen molar-refractivity contribution in [1.82, 2.24) is 9.24 Å². The van der Waals surface area contributed by atoms with Gasteiger partial charge in [-0.25, -0.2) is 4.79 Å². The molecule has 0 atom stereocenters. The van der Waals surface area contributed by atoms with Gasteiger partial charge in [0.05, 0.1) is 18.2 Å². The third kappa shape index (κ3) is 2.56. The summed E-state index contributed by atoms with van der Waals surface area (Å²) in [6.45, 7) is 0. The fourth-order valence-electron chi connectivity index (χ4n) is 3.90. The number of hydrogen-bond acceptors (Lipinski definition) is 4. The normalized spacial score (nSPS) is 18.3. The molecule has 24 heavy (non-hydrogen) atoms. The largest absolute Gasteiger partial charge is 0.463 e. The standard InChI is InChI=1S/C18H21N3O3/c22-17-15-9-4-10-16(15)21(19-12-14-8-5-11-24-14)18(23)20(17)13-6-2-1-3-7-13/h5,8,11-13H,1-4,6-7,9-10H2/b19-12+. The van der Waals surface area contributed by atoms with E-state index in [4.69, 9.17) is 4.42 Å². The molecule has 2 aromatic heterocycles. The summed E-state index contributed by atoms with van der Waals surface area (Å²) in [5.74, 6) is 0.587. The molecule has 0 aromatic carbocycles. The number of nitrogens with zero attached hydrogens (tertiary/aromatic N) is 3. The van der Waals surface area contributed by atoms with E-state index in [0.717, 1.165) is 56.2 Å². The molecule has 1 saturated carbocycles. The SMILES string of the molecule is O=c1c2c(n(/N=C/c3ccco3)c(=O)n1C1CCCCC1)CCC2. The van der Waals surface area contributed by atoms with E-state index in [1.54, 1.807) is 18.4 Å². The van der Waals surface area contributed by atoms with E-state index in [0.29, 0.717) is 5.76 Å². The van der Waals surface area contributed by atoms with E-state index in [-0.39, 0.29) is 17.3 Å². The van der Waals surface area contributed by atoms with Gasteiger partial charge in [-0.2, -0.15) is 9.78 Å². The lowest BCUT2D eigenvalue weighted by atomic mass is 9.95. The topological polar surface area (TPSA) is 69.5 Å². The highest BCUT2D eigenvalue weighted by molar-refractivity contribution is 5.75. The van der Waals surface area contributed by atoms with Crippen LogP contribution in [0.25, 0.3) is 0 Å². The zero-order valence-corrected chi connectivity index (χ0v) is 13.6. The van der Waals surface area contributed by atoms with Gasteiger partial charge in [-0.05, 0) is 44.2 Å². The van der Waals surface area contributed by atoms with E-state index >= 15 is 0 Å². The third-order valence-corrected chi connectivity index (χ3v) is 5.09. The van der Waals surface area contributed by atoms with Gasteiger partial charge in [-0.15, -0.1) is 0 Å². The van der Waals surface area contributed by atoms with Gasteiger partial charge in [0, 0.05) is 11.6 Å². The molecule has 2 aliphatic rings. The summed E-state index contributed by atoms with van der Waals surface area (Å²) in [7, 11) is 0. The molecule has 2 aromatic rings. The van der Waals surface area contributed by atoms with Crippen molar-refractivity contribution in [3.8, 4) is 0 Å². The van der Waals surface area contributed by atoms with Crippen molar-refractivity contribution in [3.63, 3.8) is 0 Å². The first-order valence-electron chi connectivity index (χ1n) is 8.73. The Hall–Kier alpha value is -2.37. The second-order valence-corrected chi connectivity index (χ2v) is 6.60. The van der Waals surface area contributed by atoms with Gasteiger partial charge in [0.1, 0.15) is 5.76 Å². The zero-order valence-electron chi connectivity index (χ0n) is 13.6. The smallest absolute Gasteiger partial charge is 0.352 e. The zero-order chi connectivity index (χ0) is 16.5. The molecular formula is C18H21N3O3. The fourth-order valence-corrected chi connectivity index (χ4v) is 3.90. The Morgan fingerprint density at radius 2 is 1.96 bits per heavy atom. The summed E-state index contributed by atoms with van der Waals surface area (Å²) >= 11 is 0. The quantitative estimate of drug-likeness (QED) is 0.813. The van der Waals surface area contributed by atoms with Crippen LogP contribution < -0.4 is 11.2 Å². The molecule has 0 aliphatic heterocycles. The van der Waals surface area contributed by atoms with Crippen LogP contribution in [0, 0.1) is 0 Å². The highest BCUT2D eigenvalue weighted by atomic mass is 16.3. The van der Waals surface area contributed by atoms with E-state index < -0.39 is 0 Å². The molecule has 2 aliphatic carbocycles.